The van der Waals surface area contributed by atoms with Gasteiger partial charge in [0.25, 0.3) is 0 Å². The number of benzene rings is 1. The molecular weight excluding hydrogens is 318 g/mol. The summed E-state index contributed by atoms with van der Waals surface area (Å²) >= 11 is 6.19. The van der Waals surface area contributed by atoms with Crippen LogP contribution >= 0.6 is 11.6 Å². The molecule has 0 unspecified atom stereocenters. The minimum atomic E-state index is -0.246. The number of carbonyl (C=O) groups excluding carboxylic acids is 1. The van der Waals surface area contributed by atoms with Crippen LogP contribution in [0.3, 0.4) is 0 Å². The van der Waals surface area contributed by atoms with E-state index in [1.54, 1.807) is 0 Å². The standard InChI is InChI=1S/C17H20ClNO4/c18-14-8-17(23)16(22)7-11(14)6-15-13-2-1-12(21)5-10(13)3-4-19(15)9-20/h7-8,15,20,22-23H,1-6,9H2/t15-/m0/s1. The molecule has 0 saturated heterocycles. The fraction of sp³-hybridized carbons (Fsp3) is 0.471. The van der Waals surface area contributed by atoms with Gasteiger partial charge in [-0.25, -0.2) is 0 Å². The van der Waals surface area contributed by atoms with Crippen LogP contribution in [0.2, 0.25) is 5.02 Å². The molecule has 1 aliphatic carbocycles. The molecule has 0 aromatic heterocycles. The Morgan fingerprint density at radius 3 is 2.65 bits per heavy atom. The number of aliphatic hydroxyl groups excluding tert-OH is 1. The highest BCUT2D eigenvalue weighted by atomic mass is 35.5. The monoisotopic (exact) mass is 337 g/mol. The molecule has 124 valence electrons. The molecule has 3 rings (SSSR count). The topological polar surface area (TPSA) is 81.0 Å². The normalized spacial score (nSPS) is 22.3. The average molecular weight is 338 g/mol. The van der Waals surface area contributed by atoms with Gasteiger partial charge in [0, 0.05) is 36.5 Å². The highest BCUT2D eigenvalue weighted by Crippen LogP contribution is 2.37. The Kier molecular flexibility index (Phi) is 4.62. The van der Waals surface area contributed by atoms with Gasteiger partial charge in [0.2, 0.25) is 0 Å². The molecule has 1 aromatic carbocycles. The molecule has 0 saturated carbocycles. The molecule has 1 aromatic rings. The zero-order valence-corrected chi connectivity index (χ0v) is 13.5. The average Bonchev–Trinajstić information content (AvgIpc) is 2.52. The molecule has 0 radical (unpaired) electrons. The van der Waals surface area contributed by atoms with Crippen molar-refractivity contribution in [3.63, 3.8) is 0 Å². The lowest BCUT2D eigenvalue weighted by Gasteiger charge is -2.39. The van der Waals surface area contributed by atoms with Gasteiger partial charge in [0.1, 0.15) is 5.78 Å². The van der Waals surface area contributed by atoms with Gasteiger partial charge in [-0.15, -0.1) is 0 Å². The number of ketones is 1. The number of rotatable bonds is 3. The maximum Gasteiger partial charge on any atom is 0.158 e. The second-order valence-electron chi connectivity index (χ2n) is 6.20. The van der Waals surface area contributed by atoms with Crippen LogP contribution < -0.4 is 0 Å². The van der Waals surface area contributed by atoms with Gasteiger partial charge in [-0.3, -0.25) is 9.69 Å². The molecular formula is C17H20ClNO4. The maximum absolute atomic E-state index is 11.7. The number of carbonyl (C=O) groups is 1. The van der Waals surface area contributed by atoms with Crippen molar-refractivity contribution in [3.8, 4) is 11.5 Å². The van der Waals surface area contributed by atoms with Crippen molar-refractivity contribution in [1.29, 1.82) is 0 Å². The first-order valence-corrected chi connectivity index (χ1v) is 8.15. The third kappa shape index (κ3) is 3.22. The number of phenolic OH excluding ortho intramolecular Hbond substituents is 2. The lowest BCUT2D eigenvalue weighted by molar-refractivity contribution is -0.119. The number of hydrogen-bond donors (Lipinski definition) is 3. The Balaban J connectivity index is 1.93. The van der Waals surface area contributed by atoms with Crippen molar-refractivity contribution in [3.05, 3.63) is 33.9 Å². The van der Waals surface area contributed by atoms with Gasteiger partial charge < -0.3 is 15.3 Å². The lowest BCUT2D eigenvalue weighted by atomic mass is 9.80. The van der Waals surface area contributed by atoms with E-state index in [1.165, 1.54) is 23.3 Å². The van der Waals surface area contributed by atoms with Crippen LogP contribution in [0, 0.1) is 0 Å². The predicted molar refractivity (Wildman–Crippen MR) is 86.6 cm³/mol. The first kappa shape index (κ1) is 16.3. The van der Waals surface area contributed by atoms with E-state index in [9.17, 15) is 20.1 Å². The third-order valence-corrected chi connectivity index (χ3v) is 5.17. The van der Waals surface area contributed by atoms with Crippen LogP contribution in [0.1, 0.15) is 31.2 Å². The van der Waals surface area contributed by atoms with E-state index in [0.717, 1.165) is 18.4 Å². The largest absolute Gasteiger partial charge is 0.504 e. The number of aliphatic hydroxyl groups is 1. The summed E-state index contributed by atoms with van der Waals surface area (Å²) in [7, 11) is 0. The van der Waals surface area contributed by atoms with E-state index in [1.807, 2.05) is 4.90 Å². The summed E-state index contributed by atoms with van der Waals surface area (Å²) in [6.07, 6.45) is 3.12. The van der Waals surface area contributed by atoms with Crippen LogP contribution in [0.15, 0.2) is 23.3 Å². The third-order valence-electron chi connectivity index (χ3n) is 4.82. The van der Waals surface area contributed by atoms with Crippen LogP contribution in [0.4, 0.5) is 0 Å². The van der Waals surface area contributed by atoms with E-state index < -0.39 is 0 Å². The van der Waals surface area contributed by atoms with Crippen molar-refractivity contribution in [2.24, 2.45) is 0 Å². The predicted octanol–water partition coefficient (Wildman–Crippen LogP) is 2.37. The van der Waals surface area contributed by atoms with Crippen LogP contribution in [-0.2, 0) is 11.2 Å². The molecule has 1 aliphatic heterocycles. The Labute approximate surface area is 139 Å². The Hall–Kier alpha value is -1.56. The molecule has 6 heteroatoms. The molecule has 1 atom stereocenters. The fourth-order valence-corrected chi connectivity index (χ4v) is 3.81. The lowest BCUT2D eigenvalue weighted by Crippen LogP contribution is -2.44. The van der Waals surface area contributed by atoms with Crippen LogP contribution in [-0.4, -0.2) is 45.3 Å². The molecule has 0 bridgehead atoms. The van der Waals surface area contributed by atoms with Crippen LogP contribution in [0.25, 0.3) is 0 Å². The van der Waals surface area contributed by atoms with E-state index in [2.05, 4.69) is 0 Å². The summed E-state index contributed by atoms with van der Waals surface area (Å²) in [5.74, 6) is -0.173. The van der Waals surface area contributed by atoms with E-state index in [-0.39, 0.29) is 30.1 Å². The zero-order valence-electron chi connectivity index (χ0n) is 12.8. The smallest absolute Gasteiger partial charge is 0.158 e. The van der Waals surface area contributed by atoms with Crippen molar-refractivity contribution in [1.82, 2.24) is 4.90 Å². The number of phenols is 2. The Morgan fingerprint density at radius 1 is 1.17 bits per heavy atom. The summed E-state index contributed by atoms with van der Waals surface area (Å²) in [5.41, 5.74) is 3.12. The van der Waals surface area contributed by atoms with Crippen molar-refractivity contribution < 1.29 is 20.1 Å². The summed E-state index contributed by atoms with van der Waals surface area (Å²) in [5, 5.41) is 29.3. The summed E-state index contributed by atoms with van der Waals surface area (Å²) < 4.78 is 0. The Bertz CT molecular complexity index is 671. The molecule has 3 N–H and O–H groups in total. The quantitative estimate of drug-likeness (QED) is 0.583. The first-order valence-electron chi connectivity index (χ1n) is 7.77. The molecule has 2 aliphatic rings. The van der Waals surface area contributed by atoms with E-state index >= 15 is 0 Å². The van der Waals surface area contributed by atoms with Crippen molar-refractivity contribution in [2.45, 2.75) is 38.1 Å². The maximum atomic E-state index is 11.7. The van der Waals surface area contributed by atoms with Crippen molar-refractivity contribution >= 4 is 17.4 Å². The number of Topliss-reactive ketones (excluding diaryl/α,β-unsaturated/α-hetero) is 1. The number of hydrogen-bond acceptors (Lipinski definition) is 5. The summed E-state index contributed by atoms with van der Waals surface area (Å²) in [4.78, 5) is 13.7. The second kappa shape index (κ2) is 6.51. The number of nitrogens with zero attached hydrogens (tertiary/aromatic N) is 1. The van der Waals surface area contributed by atoms with Gasteiger partial charge in [-0.05, 0) is 30.9 Å². The molecule has 1 heterocycles. The highest BCUT2D eigenvalue weighted by molar-refractivity contribution is 6.31. The molecule has 5 nitrogen and oxygen atoms in total. The Morgan fingerprint density at radius 2 is 1.91 bits per heavy atom. The number of halogens is 1. The minimum absolute atomic E-state index is 0.0294. The van der Waals surface area contributed by atoms with E-state index in [0.29, 0.717) is 30.8 Å². The highest BCUT2D eigenvalue weighted by Gasteiger charge is 2.32. The molecule has 0 amide bonds. The second-order valence-corrected chi connectivity index (χ2v) is 6.61. The van der Waals surface area contributed by atoms with Gasteiger partial charge in [0.05, 0.1) is 6.73 Å². The van der Waals surface area contributed by atoms with Gasteiger partial charge in [-0.1, -0.05) is 22.7 Å². The first-order chi connectivity index (χ1) is 11.0. The van der Waals surface area contributed by atoms with E-state index in [4.69, 9.17) is 11.6 Å². The summed E-state index contributed by atoms with van der Waals surface area (Å²) in [6.45, 7) is 0.645. The number of aromatic hydroxyl groups is 2. The fourth-order valence-electron chi connectivity index (χ4n) is 3.58. The molecule has 0 fully saturated rings. The van der Waals surface area contributed by atoms with Gasteiger partial charge >= 0.3 is 0 Å². The van der Waals surface area contributed by atoms with Crippen LogP contribution in [0.5, 0.6) is 11.5 Å². The van der Waals surface area contributed by atoms with Gasteiger partial charge in [0.15, 0.2) is 11.5 Å². The SMILES string of the molecule is O=C1CCC2=C(CCN(CO)[C@H]2Cc2cc(O)c(O)cc2Cl)C1. The molecule has 23 heavy (non-hydrogen) atoms. The van der Waals surface area contributed by atoms with Gasteiger partial charge in [-0.2, -0.15) is 0 Å². The minimum Gasteiger partial charge on any atom is -0.504 e. The zero-order chi connectivity index (χ0) is 16.6. The van der Waals surface area contributed by atoms with Crippen molar-refractivity contribution in [2.75, 3.05) is 13.3 Å². The molecule has 0 spiro atoms. The summed E-state index contributed by atoms with van der Waals surface area (Å²) in [6, 6.07) is 2.77.